The maximum atomic E-state index is 13.2. The summed E-state index contributed by atoms with van der Waals surface area (Å²) in [6, 6.07) is 11.1. The number of rotatable bonds is 4. The Labute approximate surface area is 120 Å². The molecule has 0 aliphatic heterocycles. The Hall–Kier alpha value is -1.67. The molecule has 2 rings (SSSR count). The highest BCUT2D eigenvalue weighted by Gasteiger charge is 2.15. The molecular formula is C18H22FN. The second kappa shape index (κ2) is 6.19. The number of halogens is 1. The molecule has 0 spiro atoms. The van der Waals surface area contributed by atoms with Crippen molar-refractivity contribution >= 4 is 0 Å². The van der Waals surface area contributed by atoms with Gasteiger partial charge in [-0.1, -0.05) is 38.1 Å². The number of nitrogens with two attached hydrogens (primary N) is 1. The van der Waals surface area contributed by atoms with E-state index in [-0.39, 0.29) is 11.9 Å². The predicted molar refractivity (Wildman–Crippen MR) is 82.4 cm³/mol. The van der Waals surface area contributed by atoms with Crippen molar-refractivity contribution in [1.29, 1.82) is 0 Å². The van der Waals surface area contributed by atoms with Gasteiger partial charge in [-0.05, 0) is 59.7 Å². The molecule has 0 saturated heterocycles. The van der Waals surface area contributed by atoms with Crippen molar-refractivity contribution in [1.82, 2.24) is 0 Å². The van der Waals surface area contributed by atoms with E-state index in [2.05, 4.69) is 32.0 Å². The lowest BCUT2D eigenvalue weighted by Gasteiger charge is -2.19. The minimum absolute atomic E-state index is 0.197. The fourth-order valence-corrected chi connectivity index (χ4v) is 2.63. The summed E-state index contributed by atoms with van der Waals surface area (Å²) in [6.07, 6.45) is 1.94. The molecule has 0 heterocycles. The first-order valence-electron chi connectivity index (χ1n) is 7.20. The monoisotopic (exact) mass is 271 g/mol. The molecule has 0 bridgehead atoms. The van der Waals surface area contributed by atoms with Crippen LogP contribution in [-0.4, -0.2) is 0 Å². The quantitative estimate of drug-likeness (QED) is 0.881. The van der Waals surface area contributed by atoms with Crippen molar-refractivity contribution in [3.05, 3.63) is 70.0 Å². The summed E-state index contributed by atoms with van der Waals surface area (Å²) in [5, 5.41) is 0. The van der Waals surface area contributed by atoms with Crippen molar-refractivity contribution in [3.8, 4) is 0 Å². The largest absolute Gasteiger partial charge is 0.320 e. The van der Waals surface area contributed by atoms with E-state index in [0.717, 1.165) is 29.5 Å². The van der Waals surface area contributed by atoms with E-state index in [1.165, 1.54) is 17.2 Å². The zero-order chi connectivity index (χ0) is 14.7. The van der Waals surface area contributed by atoms with Crippen LogP contribution in [0.3, 0.4) is 0 Å². The Morgan fingerprint density at radius 3 is 2.35 bits per heavy atom. The van der Waals surface area contributed by atoms with Gasteiger partial charge in [0.1, 0.15) is 5.82 Å². The van der Waals surface area contributed by atoms with Crippen molar-refractivity contribution in [2.75, 3.05) is 0 Å². The van der Waals surface area contributed by atoms with Gasteiger partial charge in [-0.3, -0.25) is 0 Å². The van der Waals surface area contributed by atoms with Crippen LogP contribution in [0, 0.1) is 12.7 Å². The number of hydrogen-bond donors (Lipinski definition) is 1. The molecule has 1 nitrogen and oxygen atoms in total. The van der Waals surface area contributed by atoms with Crippen molar-refractivity contribution in [3.63, 3.8) is 0 Å². The number of aryl methyl sites for hydroxylation is 3. The Balaban J connectivity index is 2.48. The molecular weight excluding hydrogens is 249 g/mol. The fourth-order valence-electron chi connectivity index (χ4n) is 2.63. The minimum Gasteiger partial charge on any atom is -0.320 e. The first-order chi connectivity index (χ1) is 9.56. The molecule has 0 radical (unpaired) electrons. The molecule has 2 aromatic rings. The SMILES string of the molecule is CCc1ccc(CC)c(C(N)c2ccc(F)cc2C)c1. The first-order valence-corrected chi connectivity index (χ1v) is 7.20. The molecule has 0 saturated carbocycles. The van der Waals surface area contributed by atoms with Gasteiger partial charge in [-0.2, -0.15) is 0 Å². The van der Waals surface area contributed by atoms with E-state index in [0.29, 0.717) is 0 Å². The van der Waals surface area contributed by atoms with Crippen LogP contribution in [0.5, 0.6) is 0 Å². The third kappa shape index (κ3) is 2.91. The van der Waals surface area contributed by atoms with Crippen LogP contribution in [0.25, 0.3) is 0 Å². The summed E-state index contributed by atoms with van der Waals surface area (Å²) >= 11 is 0. The molecule has 0 fully saturated rings. The average Bonchev–Trinajstić information content (AvgIpc) is 2.46. The standard InChI is InChI=1S/C18H22FN/c1-4-13-6-7-14(5-2)17(11-13)18(20)16-9-8-15(19)10-12(16)3/h6-11,18H,4-5,20H2,1-3H3. The third-order valence-electron chi connectivity index (χ3n) is 3.90. The topological polar surface area (TPSA) is 26.0 Å². The molecule has 2 N–H and O–H groups in total. The van der Waals surface area contributed by atoms with Crippen LogP contribution >= 0.6 is 0 Å². The summed E-state index contributed by atoms with van der Waals surface area (Å²) < 4.78 is 13.2. The number of benzene rings is 2. The molecule has 0 aliphatic carbocycles. The zero-order valence-corrected chi connectivity index (χ0v) is 12.4. The third-order valence-corrected chi connectivity index (χ3v) is 3.90. The van der Waals surface area contributed by atoms with Crippen LogP contribution in [0.15, 0.2) is 36.4 Å². The zero-order valence-electron chi connectivity index (χ0n) is 12.4. The van der Waals surface area contributed by atoms with Crippen molar-refractivity contribution in [2.24, 2.45) is 5.73 Å². The van der Waals surface area contributed by atoms with Gasteiger partial charge < -0.3 is 5.73 Å². The van der Waals surface area contributed by atoms with E-state index in [1.54, 1.807) is 12.1 Å². The molecule has 106 valence electrons. The van der Waals surface area contributed by atoms with Gasteiger partial charge in [0.25, 0.3) is 0 Å². The molecule has 0 aromatic heterocycles. The van der Waals surface area contributed by atoms with Gasteiger partial charge in [-0.15, -0.1) is 0 Å². The maximum Gasteiger partial charge on any atom is 0.123 e. The summed E-state index contributed by atoms with van der Waals surface area (Å²) in [5.74, 6) is -0.212. The molecule has 0 amide bonds. The van der Waals surface area contributed by atoms with E-state index in [9.17, 15) is 4.39 Å². The van der Waals surface area contributed by atoms with Crippen LogP contribution < -0.4 is 5.73 Å². The van der Waals surface area contributed by atoms with Crippen LogP contribution in [0.2, 0.25) is 0 Å². The minimum atomic E-state index is -0.212. The molecule has 20 heavy (non-hydrogen) atoms. The van der Waals surface area contributed by atoms with Gasteiger partial charge >= 0.3 is 0 Å². The summed E-state index contributed by atoms with van der Waals surface area (Å²) in [5.41, 5.74) is 12.0. The van der Waals surface area contributed by atoms with Gasteiger partial charge in [0.05, 0.1) is 6.04 Å². The first kappa shape index (κ1) is 14.7. The Bertz CT molecular complexity index is 604. The second-order valence-electron chi connectivity index (χ2n) is 5.22. The summed E-state index contributed by atoms with van der Waals surface area (Å²) in [4.78, 5) is 0. The van der Waals surface area contributed by atoms with Crippen molar-refractivity contribution in [2.45, 2.75) is 39.7 Å². The molecule has 0 aliphatic rings. The average molecular weight is 271 g/mol. The lowest BCUT2D eigenvalue weighted by Crippen LogP contribution is -2.16. The van der Waals surface area contributed by atoms with Crippen molar-refractivity contribution < 1.29 is 4.39 Å². The van der Waals surface area contributed by atoms with Crippen LogP contribution in [-0.2, 0) is 12.8 Å². The van der Waals surface area contributed by atoms with Gasteiger partial charge in [0.15, 0.2) is 0 Å². The molecule has 1 unspecified atom stereocenters. The highest BCUT2D eigenvalue weighted by molar-refractivity contribution is 5.42. The van der Waals surface area contributed by atoms with E-state index >= 15 is 0 Å². The van der Waals surface area contributed by atoms with E-state index in [1.807, 2.05) is 6.92 Å². The highest BCUT2D eigenvalue weighted by Crippen LogP contribution is 2.27. The Kier molecular flexibility index (Phi) is 4.56. The fraction of sp³-hybridized carbons (Fsp3) is 0.333. The van der Waals surface area contributed by atoms with Crippen LogP contribution in [0.1, 0.15) is 47.7 Å². The molecule has 2 aromatic carbocycles. The Morgan fingerprint density at radius 2 is 1.75 bits per heavy atom. The molecule has 1 atom stereocenters. The van der Waals surface area contributed by atoms with Gasteiger partial charge in [0.2, 0.25) is 0 Å². The van der Waals surface area contributed by atoms with E-state index < -0.39 is 0 Å². The van der Waals surface area contributed by atoms with E-state index in [4.69, 9.17) is 5.73 Å². The van der Waals surface area contributed by atoms with Crippen LogP contribution in [0.4, 0.5) is 4.39 Å². The highest BCUT2D eigenvalue weighted by atomic mass is 19.1. The molecule has 2 heteroatoms. The lowest BCUT2D eigenvalue weighted by molar-refractivity contribution is 0.624. The number of hydrogen-bond acceptors (Lipinski definition) is 1. The van der Waals surface area contributed by atoms with Gasteiger partial charge in [-0.25, -0.2) is 4.39 Å². The second-order valence-corrected chi connectivity index (χ2v) is 5.22. The lowest BCUT2D eigenvalue weighted by atomic mass is 9.90. The maximum absolute atomic E-state index is 13.2. The normalized spacial score (nSPS) is 12.4. The Morgan fingerprint density at radius 1 is 1.00 bits per heavy atom. The smallest absolute Gasteiger partial charge is 0.123 e. The summed E-state index contributed by atoms with van der Waals surface area (Å²) in [7, 11) is 0. The predicted octanol–water partition coefficient (Wildman–Crippen LogP) is 4.31. The summed E-state index contributed by atoms with van der Waals surface area (Å²) in [6.45, 7) is 6.18. The van der Waals surface area contributed by atoms with Gasteiger partial charge in [0, 0.05) is 0 Å².